The molecule has 3 rings (SSSR count). The van der Waals surface area contributed by atoms with E-state index in [0.29, 0.717) is 18.0 Å². The molecule has 0 spiro atoms. The summed E-state index contributed by atoms with van der Waals surface area (Å²) in [5.41, 5.74) is 3.11. The van der Waals surface area contributed by atoms with E-state index in [0.717, 1.165) is 12.6 Å². The highest BCUT2D eigenvalue weighted by Gasteiger charge is 2.39. The summed E-state index contributed by atoms with van der Waals surface area (Å²) < 4.78 is 0. The topological polar surface area (TPSA) is 15.3 Å². The van der Waals surface area contributed by atoms with Crippen LogP contribution in [0.15, 0.2) is 24.3 Å². The van der Waals surface area contributed by atoms with Crippen molar-refractivity contribution in [2.45, 2.75) is 70.5 Å². The fourth-order valence-corrected chi connectivity index (χ4v) is 4.40. The van der Waals surface area contributed by atoms with Crippen LogP contribution in [0.5, 0.6) is 0 Å². The average molecular weight is 286 g/mol. The van der Waals surface area contributed by atoms with Crippen LogP contribution in [0.2, 0.25) is 0 Å². The summed E-state index contributed by atoms with van der Waals surface area (Å²) in [5.74, 6) is 0.679. The predicted octanol–water partition coefficient (Wildman–Crippen LogP) is 4.09. The molecule has 1 N–H and O–H groups in total. The number of hydrogen-bond acceptors (Lipinski definition) is 2. The first-order valence-corrected chi connectivity index (χ1v) is 8.80. The lowest BCUT2D eigenvalue weighted by Crippen LogP contribution is -2.49. The highest BCUT2D eigenvalue weighted by molar-refractivity contribution is 5.37. The second kappa shape index (κ2) is 6.50. The molecule has 1 aliphatic heterocycles. The molecule has 116 valence electrons. The van der Waals surface area contributed by atoms with Crippen LogP contribution >= 0.6 is 0 Å². The van der Waals surface area contributed by atoms with Crippen molar-refractivity contribution in [2.24, 2.45) is 0 Å². The molecule has 0 aromatic heterocycles. The maximum Gasteiger partial charge on any atom is 0.0481 e. The largest absolute Gasteiger partial charge is 0.309 e. The van der Waals surface area contributed by atoms with Gasteiger partial charge in [0.1, 0.15) is 0 Å². The molecule has 4 atom stereocenters. The van der Waals surface area contributed by atoms with Crippen molar-refractivity contribution in [1.82, 2.24) is 10.2 Å². The molecule has 4 unspecified atom stereocenters. The summed E-state index contributed by atoms with van der Waals surface area (Å²) in [6, 6.07) is 11.0. The maximum atomic E-state index is 3.85. The van der Waals surface area contributed by atoms with E-state index in [1.54, 1.807) is 11.1 Å². The Labute approximate surface area is 129 Å². The molecular formula is C19H30N2. The van der Waals surface area contributed by atoms with Crippen molar-refractivity contribution >= 4 is 0 Å². The van der Waals surface area contributed by atoms with E-state index < -0.39 is 0 Å². The summed E-state index contributed by atoms with van der Waals surface area (Å²) in [7, 11) is 0. The van der Waals surface area contributed by atoms with E-state index in [2.05, 4.69) is 55.3 Å². The van der Waals surface area contributed by atoms with Gasteiger partial charge in [-0.1, -0.05) is 38.1 Å². The predicted molar refractivity (Wildman–Crippen MR) is 89.7 cm³/mol. The highest BCUT2D eigenvalue weighted by Crippen LogP contribution is 2.41. The first-order valence-electron chi connectivity index (χ1n) is 8.80. The van der Waals surface area contributed by atoms with Gasteiger partial charge in [0.15, 0.2) is 0 Å². The molecule has 1 aliphatic carbocycles. The van der Waals surface area contributed by atoms with Gasteiger partial charge >= 0.3 is 0 Å². The summed E-state index contributed by atoms with van der Waals surface area (Å²) in [4.78, 5) is 2.78. The van der Waals surface area contributed by atoms with Crippen LogP contribution in [0.3, 0.4) is 0 Å². The zero-order valence-corrected chi connectivity index (χ0v) is 13.8. The Hall–Kier alpha value is -0.860. The Balaban J connectivity index is 1.92. The molecule has 2 heteroatoms. The van der Waals surface area contributed by atoms with Crippen LogP contribution in [0.1, 0.15) is 69.5 Å². The number of nitrogens with zero attached hydrogens (tertiary/aromatic N) is 1. The van der Waals surface area contributed by atoms with E-state index in [1.165, 1.54) is 32.2 Å². The van der Waals surface area contributed by atoms with Gasteiger partial charge in [0.2, 0.25) is 0 Å². The molecule has 2 aliphatic rings. The molecular weight excluding hydrogens is 256 g/mol. The van der Waals surface area contributed by atoms with Crippen LogP contribution in [0.25, 0.3) is 0 Å². The third-order valence-corrected chi connectivity index (χ3v) is 5.49. The number of hydrogen-bond donors (Lipinski definition) is 1. The molecule has 0 saturated carbocycles. The smallest absolute Gasteiger partial charge is 0.0481 e. The normalized spacial score (nSPS) is 33.1. The summed E-state index contributed by atoms with van der Waals surface area (Å²) in [6.45, 7) is 9.48. The molecule has 1 aromatic rings. The minimum absolute atomic E-state index is 0.512. The van der Waals surface area contributed by atoms with Gasteiger partial charge in [0, 0.05) is 18.1 Å². The van der Waals surface area contributed by atoms with E-state index >= 15 is 0 Å². The second-order valence-corrected chi connectivity index (χ2v) is 6.99. The lowest BCUT2D eigenvalue weighted by molar-refractivity contribution is 0.127. The third kappa shape index (κ3) is 2.89. The fourth-order valence-electron chi connectivity index (χ4n) is 4.40. The zero-order valence-electron chi connectivity index (χ0n) is 13.8. The SMILES string of the molecule is CCCNC1c2ccccc2C(C)CC1N1CCCC1C. The van der Waals surface area contributed by atoms with Gasteiger partial charge in [-0.2, -0.15) is 0 Å². The third-order valence-electron chi connectivity index (χ3n) is 5.49. The number of likely N-dealkylation sites (tertiary alicyclic amines) is 1. The van der Waals surface area contributed by atoms with Gasteiger partial charge in [-0.05, 0) is 62.7 Å². The molecule has 2 nitrogen and oxygen atoms in total. The van der Waals surface area contributed by atoms with Gasteiger partial charge in [0.25, 0.3) is 0 Å². The number of fused-ring (bicyclic) bond motifs is 1. The van der Waals surface area contributed by atoms with Crippen LogP contribution in [0, 0.1) is 0 Å². The van der Waals surface area contributed by atoms with Crippen LogP contribution in [-0.4, -0.2) is 30.1 Å². The van der Waals surface area contributed by atoms with Gasteiger partial charge in [-0.3, -0.25) is 4.90 Å². The average Bonchev–Trinajstić information content (AvgIpc) is 2.92. The van der Waals surface area contributed by atoms with Crippen molar-refractivity contribution < 1.29 is 0 Å². The molecule has 21 heavy (non-hydrogen) atoms. The van der Waals surface area contributed by atoms with Gasteiger partial charge < -0.3 is 5.32 Å². The summed E-state index contributed by atoms with van der Waals surface area (Å²) in [5, 5.41) is 3.85. The molecule has 0 amide bonds. The Morgan fingerprint density at radius 1 is 1.19 bits per heavy atom. The van der Waals surface area contributed by atoms with E-state index in [1.807, 2.05) is 0 Å². The zero-order chi connectivity index (χ0) is 14.8. The summed E-state index contributed by atoms with van der Waals surface area (Å²) >= 11 is 0. The molecule has 1 aromatic carbocycles. The van der Waals surface area contributed by atoms with Crippen molar-refractivity contribution in [1.29, 1.82) is 0 Å². The molecule has 0 radical (unpaired) electrons. The van der Waals surface area contributed by atoms with Crippen molar-refractivity contribution in [3.8, 4) is 0 Å². The van der Waals surface area contributed by atoms with Gasteiger partial charge in [-0.15, -0.1) is 0 Å². The van der Waals surface area contributed by atoms with E-state index in [-0.39, 0.29) is 0 Å². The number of benzene rings is 1. The van der Waals surface area contributed by atoms with Crippen LogP contribution < -0.4 is 5.32 Å². The van der Waals surface area contributed by atoms with E-state index in [9.17, 15) is 0 Å². The lowest BCUT2D eigenvalue weighted by Gasteiger charge is -2.44. The maximum absolute atomic E-state index is 3.85. The Kier molecular flexibility index (Phi) is 4.66. The monoisotopic (exact) mass is 286 g/mol. The minimum atomic E-state index is 0.512. The standard InChI is InChI=1S/C19H30N2/c1-4-11-20-19-17-10-6-5-9-16(17)14(2)13-18(19)21-12-7-8-15(21)3/h5-6,9-10,14-15,18-20H,4,7-8,11-13H2,1-3H3. The minimum Gasteiger partial charge on any atom is -0.309 e. The van der Waals surface area contributed by atoms with Crippen LogP contribution in [0.4, 0.5) is 0 Å². The highest BCUT2D eigenvalue weighted by atomic mass is 15.2. The first kappa shape index (κ1) is 15.1. The Morgan fingerprint density at radius 3 is 2.62 bits per heavy atom. The number of nitrogens with one attached hydrogen (secondary N) is 1. The quantitative estimate of drug-likeness (QED) is 0.897. The summed E-state index contributed by atoms with van der Waals surface area (Å²) in [6.07, 6.45) is 5.24. The first-order chi connectivity index (χ1) is 10.2. The van der Waals surface area contributed by atoms with Crippen molar-refractivity contribution in [3.05, 3.63) is 35.4 Å². The van der Waals surface area contributed by atoms with E-state index in [4.69, 9.17) is 0 Å². The lowest BCUT2D eigenvalue weighted by atomic mass is 9.77. The van der Waals surface area contributed by atoms with Crippen molar-refractivity contribution in [3.63, 3.8) is 0 Å². The fraction of sp³-hybridized carbons (Fsp3) is 0.684. The van der Waals surface area contributed by atoms with Crippen molar-refractivity contribution in [2.75, 3.05) is 13.1 Å². The van der Waals surface area contributed by atoms with Gasteiger partial charge in [0.05, 0.1) is 0 Å². The van der Waals surface area contributed by atoms with Gasteiger partial charge in [-0.25, -0.2) is 0 Å². The molecule has 1 saturated heterocycles. The Bertz CT molecular complexity index is 470. The number of rotatable bonds is 4. The molecule has 0 bridgehead atoms. The molecule has 1 heterocycles. The molecule has 1 fully saturated rings. The van der Waals surface area contributed by atoms with Crippen LogP contribution in [-0.2, 0) is 0 Å². The Morgan fingerprint density at radius 2 is 1.95 bits per heavy atom. The second-order valence-electron chi connectivity index (χ2n) is 6.99.